The summed E-state index contributed by atoms with van der Waals surface area (Å²) in [6.07, 6.45) is 4.08. The lowest BCUT2D eigenvalue weighted by Crippen LogP contribution is -2.26. The Morgan fingerprint density at radius 3 is 2.94 bits per heavy atom. The van der Waals surface area contributed by atoms with Crippen molar-refractivity contribution >= 4 is 15.9 Å². The van der Waals surface area contributed by atoms with Gasteiger partial charge in [0.1, 0.15) is 5.75 Å². The second-order valence-electron chi connectivity index (χ2n) is 4.74. The Hall–Kier alpha value is -0.540. The fourth-order valence-electron chi connectivity index (χ4n) is 1.92. The van der Waals surface area contributed by atoms with Gasteiger partial charge in [-0.15, -0.1) is 0 Å². The predicted octanol–water partition coefficient (Wildman–Crippen LogP) is 3.43. The average molecular weight is 284 g/mol. The van der Waals surface area contributed by atoms with E-state index in [1.165, 1.54) is 19.3 Å². The number of nitrogens with one attached hydrogen (secondary N) is 1. The van der Waals surface area contributed by atoms with E-state index in [4.69, 9.17) is 0 Å². The van der Waals surface area contributed by atoms with Gasteiger partial charge >= 0.3 is 0 Å². The van der Waals surface area contributed by atoms with E-state index >= 15 is 0 Å². The van der Waals surface area contributed by atoms with Crippen LogP contribution in [0, 0.1) is 5.92 Å². The zero-order valence-corrected chi connectivity index (χ0v) is 11.1. The van der Waals surface area contributed by atoms with Gasteiger partial charge in [0.25, 0.3) is 0 Å². The van der Waals surface area contributed by atoms with Gasteiger partial charge in [-0.2, -0.15) is 0 Å². The molecule has 0 aromatic heterocycles. The summed E-state index contributed by atoms with van der Waals surface area (Å²) >= 11 is 3.49. The van der Waals surface area contributed by atoms with Crippen molar-refractivity contribution in [2.75, 3.05) is 0 Å². The maximum atomic E-state index is 9.41. The van der Waals surface area contributed by atoms with Crippen LogP contribution in [0.4, 0.5) is 0 Å². The topological polar surface area (TPSA) is 32.3 Å². The maximum Gasteiger partial charge on any atom is 0.115 e. The molecule has 0 aliphatic heterocycles. The summed E-state index contributed by atoms with van der Waals surface area (Å²) in [5.74, 6) is 1.28. The Labute approximate surface area is 105 Å². The molecule has 1 fully saturated rings. The highest BCUT2D eigenvalue weighted by Gasteiger charge is 2.23. The van der Waals surface area contributed by atoms with Crippen LogP contribution in [0.25, 0.3) is 0 Å². The van der Waals surface area contributed by atoms with Gasteiger partial charge in [0.05, 0.1) is 0 Å². The molecule has 1 aromatic rings. The van der Waals surface area contributed by atoms with Crippen LogP contribution >= 0.6 is 15.9 Å². The minimum absolute atomic E-state index is 0.329. The highest BCUT2D eigenvalue weighted by atomic mass is 79.9. The molecule has 2 N–H and O–H groups in total. The van der Waals surface area contributed by atoms with Crippen molar-refractivity contribution in [3.8, 4) is 5.75 Å². The van der Waals surface area contributed by atoms with Crippen LogP contribution in [0.3, 0.4) is 0 Å². The fourth-order valence-corrected chi connectivity index (χ4v) is 2.30. The molecule has 2 nitrogen and oxygen atoms in total. The van der Waals surface area contributed by atoms with Crippen molar-refractivity contribution in [1.29, 1.82) is 0 Å². The van der Waals surface area contributed by atoms with Gasteiger partial charge in [0, 0.05) is 17.1 Å². The lowest BCUT2D eigenvalue weighted by Gasteiger charge is -2.14. The second kappa shape index (κ2) is 5.19. The molecule has 0 radical (unpaired) electrons. The molecule has 2 rings (SSSR count). The third-order valence-electron chi connectivity index (χ3n) is 3.05. The van der Waals surface area contributed by atoms with Gasteiger partial charge in [-0.3, -0.25) is 0 Å². The van der Waals surface area contributed by atoms with Crippen molar-refractivity contribution in [3.05, 3.63) is 28.2 Å². The number of aromatic hydroxyl groups is 1. The molecule has 0 bridgehead atoms. The number of benzene rings is 1. The Kier molecular flexibility index (Phi) is 3.87. The van der Waals surface area contributed by atoms with Crippen LogP contribution in [0.15, 0.2) is 22.7 Å². The number of hydrogen-bond donors (Lipinski definition) is 2. The number of halogens is 1. The maximum absolute atomic E-state index is 9.41. The van der Waals surface area contributed by atoms with Gasteiger partial charge in [-0.1, -0.05) is 28.8 Å². The normalized spacial score (nSPS) is 17.4. The summed E-state index contributed by atoms with van der Waals surface area (Å²) in [6.45, 7) is 3.04. The van der Waals surface area contributed by atoms with Gasteiger partial charge in [-0.25, -0.2) is 0 Å². The van der Waals surface area contributed by atoms with Crippen LogP contribution in [-0.4, -0.2) is 11.1 Å². The number of phenols is 1. The monoisotopic (exact) mass is 283 g/mol. The van der Waals surface area contributed by atoms with E-state index in [2.05, 4.69) is 28.2 Å². The summed E-state index contributed by atoms with van der Waals surface area (Å²) in [7, 11) is 0. The van der Waals surface area contributed by atoms with Crippen molar-refractivity contribution < 1.29 is 5.11 Å². The average Bonchev–Trinajstić information content (AvgIpc) is 3.03. The van der Waals surface area contributed by atoms with E-state index in [0.717, 1.165) is 22.5 Å². The van der Waals surface area contributed by atoms with E-state index < -0.39 is 0 Å². The van der Waals surface area contributed by atoms with E-state index in [-0.39, 0.29) is 0 Å². The Bertz CT molecular complexity index is 363. The third kappa shape index (κ3) is 3.49. The molecule has 16 heavy (non-hydrogen) atoms. The molecule has 0 spiro atoms. The zero-order chi connectivity index (χ0) is 11.5. The van der Waals surface area contributed by atoms with Crippen LogP contribution < -0.4 is 5.32 Å². The third-order valence-corrected chi connectivity index (χ3v) is 3.83. The summed E-state index contributed by atoms with van der Waals surface area (Å²) in [6, 6.07) is 5.95. The summed E-state index contributed by atoms with van der Waals surface area (Å²) in [4.78, 5) is 0. The molecular weight excluding hydrogens is 266 g/mol. The lowest BCUT2D eigenvalue weighted by atomic mass is 10.1. The number of rotatable bonds is 5. The SMILES string of the molecule is CC(CC1CC1)NCc1cc(O)ccc1Br. The standard InChI is InChI=1S/C13H18BrNO/c1-9(6-10-2-3-10)15-8-11-7-12(16)4-5-13(11)14/h4-5,7,9-10,15-16H,2-3,6,8H2,1H3. The molecule has 0 heterocycles. The molecule has 1 saturated carbocycles. The van der Waals surface area contributed by atoms with Gasteiger partial charge in [0.2, 0.25) is 0 Å². The molecular formula is C13H18BrNO. The summed E-state index contributed by atoms with van der Waals surface area (Å²) in [5, 5.41) is 12.9. The first-order valence-electron chi connectivity index (χ1n) is 5.86. The van der Waals surface area contributed by atoms with Crippen molar-refractivity contribution in [1.82, 2.24) is 5.32 Å². The molecule has 1 aliphatic carbocycles. The van der Waals surface area contributed by atoms with Gasteiger partial charge in [0.15, 0.2) is 0 Å². The first-order chi connectivity index (χ1) is 7.65. The van der Waals surface area contributed by atoms with Crippen LogP contribution in [-0.2, 0) is 6.54 Å². The molecule has 1 unspecified atom stereocenters. The minimum atomic E-state index is 0.329. The van der Waals surface area contributed by atoms with E-state index in [1.54, 1.807) is 12.1 Å². The lowest BCUT2D eigenvalue weighted by molar-refractivity contribution is 0.469. The first-order valence-corrected chi connectivity index (χ1v) is 6.65. The van der Waals surface area contributed by atoms with E-state index in [1.807, 2.05) is 6.07 Å². The van der Waals surface area contributed by atoms with Gasteiger partial charge in [-0.05, 0) is 43.0 Å². The Morgan fingerprint density at radius 1 is 1.50 bits per heavy atom. The fraction of sp³-hybridized carbons (Fsp3) is 0.538. The summed E-state index contributed by atoms with van der Waals surface area (Å²) in [5.41, 5.74) is 1.11. The van der Waals surface area contributed by atoms with Crippen LogP contribution in [0.1, 0.15) is 31.7 Å². The zero-order valence-electron chi connectivity index (χ0n) is 9.54. The molecule has 88 valence electrons. The smallest absolute Gasteiger partial charge is 0.115 e. The predicted molar refractivity (Wildman–Crippen MR) is 69.4 cm³/mol. The van der Waals surface area contributed by atoms with E-state index in [9.17, 15) is 5.11 Å². The van der Waals surface area contributed by atoms with Crippen molar-refractivity contribution in [2.45, 2.75) is 38.8 Å². The first kappa shape index (κ1) is 11.9. The Balaban J connectivity index is 1.85. The molecule has 1 atom stereocenters. The molecule has 0 saturated heterocycles. The summed E-state index contributed by atoms with van der Waals surface area (Å²) < 4.78 is 1.05. The quantitative estimate of drug-likeness (QED) is 0.868. The number of hydrogen-bond acceptors (Lipinski definition) is 2. The van der Waals surface area contributed by atoms with Crippen LogP contribution in [0.5, 0.6) is 5.75 Å². The minimum Gasteiger partial charge on any atom is -0.508 e. The Morgan fingerprint density at radius 2 is 2.25 bits per heavy atom. The number of phenolic OH excluding ortho intramolecular Hbond substituents is 1. The molecule has 1 aliphatic rings. The highest BCUT2D eigenvalue weighted by molar-refractivity contribution is 9.10. The largest absolute Gasteiger partial charge is 0.508 e. The van der Waals surface area contributed by atoms with E-state index in [0.29, 0.717) is 11.8 Å². The molecule has 1 aromatic carbocycles. The molecule has 0 amide bonds. The van der Waals surface area contributed by atoms with Crippen molar-refractivity contribution in [3.63, 3.8) is 0 Å². The molecule has 3 heteroatoms. The van der Waals surface area contributed by atoms with Crippen LogP contribution in [0.2, 0.25) is 0 Å². The van der Waals surface area contributed by atoms with Gasteiger partial charge < -0.3 is 10.4 Å². The second-order valence-corrected chi connectivity index (χ2v) is 5.59. The van der Waals surface area contributed by atoms with Crippen molar-refractivity contribution in [2.24, 2.45) is 5.92 Å². The highest BCUT2D eigenvalue weighted by Crippen LogP contribution is 2.33.